The first-order valence-corrected chi connectivity index (χ1v) is 24.6. The van der Waals surface area contributed by atoms with Crippen LogP contribution in [0.25, 0.3) is 0 Å². The van der Waals surface area contributed by atoms with Crippen molar-refractivity contribution in [2.45, 2.75) is 96.8 Å². The van der Waals surface area contributed by atoms with Crippen LogP contribution in [0.2, 0.25) is 17.7 Å². The van der Waals surface area contributed by atoms with Crippen LogP contribution in [0, 0.1) is 0 Å². The SMILES string of the molecule is CCC[CH2][Sn]([Cl])([CH2]CCC)[O][Sn]([CH2]CCC)([CH2]CCC)[O]C. The Morgan fingerprint density at radius 1 is 0.682 bits per heavy atom. The maximum absolute atomic E-state index is 7.18. The Balaban J connectivity index is 5.03. The van der Waals surface area contributed by atoms with Gasteiger partial charge in [-0.25, -0.2) is 0 Å². The molecule has 0 heterocycles. The number of unbranched alkanes of at least 4 members (excludes halogenated alkanes) is 4. The molecule has 0 aromatic carbocycles. The van der Waals surface area contributed by atoms with E-state index in [1.807, 2.05) is 7.11 Å². The van der Waals surface area contributed by atoms with Crippen molar-refractivity contribution in [3.63, 3.8) is 0 Å². The number of hydrogen-bond donors (Lipinski definition) is 0. The standard InChI is InChI=1S/4C4H9.CH3O.ClH.O.2Sn/c4*1-3-4-2;1-2;;;;/h4*1,3-4H2,2H3;1H3;1H;;;/q;;;;-1;;;2*+1/p-1. The van der Waals surface area contributed by atoms with Gasteiger partial charge in [-0.3, -0.25) is 0 Å². The molecule has 0 aliphatic rings. The van der Waals surface area contributed by atoms with Crippen molar-refractivity contribution in [1.82, 2.24) is 0 Å². The van der Waals surface area contributed by atoms with E-state index in [4.69, 9.17) is 13.4 Å². The zero-order chi connectivity index (χ0) is 16.9. The third-order valence-electron chi connectivity index (χ3n) is 4.37. The molecule has 0 aliphatic heterocycles. The molecule has 0 aromatic rings. The molecule has 0 unspecified atom stereocenters. The zero-order valence-corrected chi connectivity index (χ0v) is 22.1. The summed E-state index contributed by atoms with van der Waals surface area (Å²) >= 11 is -5.89. The molecule has 0 fully saturated rings. The summed E-state index contributed by atoms with van der Waals surface area (Å²) in [7, 11) is 9.08. The first-order chi connectivity index (χ1) is 10.5. The molecule has 0 rings (SSSR count). The normalized spacial score (nSPS) is 12.8. The van der Waals surface area contributed by atoms with Gasteiger partial charge in [0.2, 0.25) is 0 Å². The van der Waals surface area contributed by atoms with Crippen LogP contribution in [-0.2, 0) is 4.49 Å². The molecule has 2 nitrogen and oxygen atoms in total. The summed E-state index contributed by atoms with van der Waals surface area (Å²) < 4.78 is 17.8. The fourth-order valence-corrected chi connectivity index (χ4v) is 49.1. The van der Waals surface area contributed by atoms with Gasteiger partial charge in [0.15, 0.2) is 0 Å². The van der Waals surface area contributed by atoms with Crippen LogP contribution in [0.4, 0.5) is 0 Å². The van der Waals surface area contributed by atoms with Gasteiger partial charge in [0.1, 0.15) is 0 Å². The predicted octanol–water partition coefficient (Wildman–Crippen LogP) is 6.97. The van der Waals surface area contributed by atoms with E-state index in [2.05, 4.69) is 27.7 Å². The third-order valence-corrected chi connectivity index (χ3v) is 41.4. The van der Waals surface area contributed by atoms with Crippen molar-refractivity contribution in [1.29, 1.82) is 0 Å². The molecule has 0 bridgehead atoms. The quantitative estimate of drug-likeness (QED) is 0.206. The zero-order valence-electron chi connectivity index (χ0n) is 15.7. The predicted molar refractivity (Wildman–Crippen MR) is 104 cm³/mol. The van der Waals surface area contributed by atoms with E-state index in [1.165, 1.54) is 69.1 Å². The maximum atomic E-state index is 7.18. The second-order valence-electron chi connectivity index (χ2n) is 6.51. The first kappa shape index (κ1) is 23.8. The molecule has 5 heteroatoms. The third kappa shape index (κ3) is 9.95. The summed E-state index contributed by atoms with van der Waals surface area (Å²) in [6.07, 6.45) is 9.86. The molecular formula is C17H39ClO2Sn2. The van der Waals surface area contributed by atoms with Gasteiger partial charge in [-0.05, 0) is 0 Å². The van der Waals surface area contributed by atoms with E-state index in [1.54, 1.807) is 0 Å². The summed E-state index contributed by atoms with van der Waals surface area (Å²) in [4.78, 5) is 0. The van der Waals surface area contributed by atoms with Gasteiger partial charge < -0.3 is 0 Å². The van der Waals surface area contributed by atoms with E-state index in [0.29, 0.717) is 0 Å². The van der Waals surface area contributed by atoms with Crippen molar-refractivity contribution >= 4 is 45.8 Å². The molecule has 0 aromatic heterocycles. The van der Waals surface area contributed by atoms with Gasteiger partial charge in [-0.2, -0.15) is 0 Å². The van der Waals surface area contributed by atoms with Gasteiger partial charge in [-0.1, -0.05) is 0 Å². The van der Waals surface area contributed by atoms with Gasteiger partial charge in [0.25, 0.3) is 0 Å². The second-order valence-corrected chi connectivity index (χ2v) is 32.7. The summed E-state index contributed by atoms with van der Waals surface area (Å²) in [5.41, 5.74) is 0. The van der Waals surface area contributed by atoms with Crippen LogP contribution < -0.4 is 0 Å². The Labute approximate surface area is 153 Å². The summed E-state index contributed by atoms with van der Waals surface area (Å²) in [6.45, 7) is 9.03. The Kier molecular flexibility index (Phi) is 15.2. The second kappa shape index (κ2) is 14.0. The molecule has 22 heavy (non-hydrogen) atoms. The van der Waals surface area contributed by atoms with Crippen LogP contribution in [0.5, 0.6) is 0 Å². The molecule has 0 spiro atoms. The van der Waals surface area contributed by atoms with Crippen molar-refractivity contribution in [3.8, 4) is 0 Å². The Morgan fingerprint density at radius 3 is 1.36 bits per heavy atom. The van der Waals surface area contributed by atoms with E-state index in [9.17, 15) is 0 Å². The number of hydrogen-bond acceptors (Lipinski definition) is 2. The minimum atomic E-state index is -2.94. The van der Waals surface area contributed by atoms with Gasteiger partial charge in [0.05, 0.1) is 0 Å². The first-order valence-electron chi connectivity index (χ1n) is 9.45. The molecule has 0 aliphatic carbocycles. The molecular weight excluding hydrogens is 509 g/mol. The van der Waals surface area contributed by atoms with Crippen molar-refractivity contribution < 1.29 is 4.49 Å². The molecule has 0 saturated carbocycles. The molecule has 0 N–H and O–H groups in total. The van der Waals surface area contributed by atoms with Crippen LogP contribution in [0.15, 0.2) is 0 Å². The molecule has 0 atom stereocenters. The average Bonchev–Trinajstić information content (AvgIpc) is 2.54. The minimum absolute atomic E-state index is 1.17. The van der Waals surface area contributed by atoms with Crippen molar-refractivity contribution in [3.05, 3.63) is 0 Å². The van der Waals surface area contributed by atoms with Gasteiger partial charge in [0, 0.05) is 0 Å². The monoisotopic (exact) mass is 550 g/mol. The Bertz CT molecular complexity index is 249. The van der Waals surface area contributed by atoms with Crippen molar-refractivity contribution in [2.75, 3.05) is 7.11 Å². The van der Waals surface area contributed by atoms with Gasteiger partial charge >= 0.3 is 154 Å². The number of rotatable bonds is 15. The molecule has 0 saturated heterocycles. The van der Waals surface area contributed by atoms with Crippen LogP contribution in [-0.4, -0.2) is 44.0 Å². The average molecular weight is 548 g/mol. The van der Waals surface area contributed by atoms with E-state index in [0.717, 1.165) is 0 Å². The molecule has 0 amide bonds. The van der Waals surface area contributed by atoms with E-state index in [-0.39, 0.29) is 0 Å². The summed E-state index contributed by atoms with van der Waals surface area (Å²) in [5, 5.41) is 0. The Hall–Kier alpha value is 1.81. The van der Waals surface area contributed by atoms with Crippen LogP contribution >= 0.6 is 8.92 Å². The topological polar surface area (TPSA) is 18.5 Å². The Morgan fingerprint density at radius 2 is 1.05 bits per heavy atom. The van der Waals surface area contributed by atoms with E-state index < -0.39 is 36.9 Å². The van der Waals surface area contributed by atoms with Gasteiger partial charge in [-0.15, -0.1) is 0 Å². The summed E-state index contributed by atoms with van der Waals surface area (Å²) in [5.74, 6) is 0. The summed E-state index contributed by atoms with van der Waals surface area (Å²) in [6, 6.07) is 0. The molecule has 134 valence electrons. The van der Waals surface area contributed by atoms with E-state index >= 15 is 0 Å². The van der Waals surface area contributed by atoms with Crippen molar-refractivity contribution in [2.24, 2.45) is 0 Å². The van der Waals surface area contributed by atoms with Crippen LogP contribution in [0.3, 0.4) is 0 Å². The fourth-order valence-electron chi connectivity index (χ4n) is 2.81. The number of halogens is 1. The molecule has 0 radical (unpaired) electrons. The fraction of sp³-hybridized carbons (Fsp3) is 1.00. The van der Waals surface area contributed by atoms with Crippen LogP contribution in [0.1, 0.15) is 79.1 Å².